The van der Waals surface area contributed by atoms with Crippen LogP contribution < -0.4 is 5.32 Å². The lowest BCUT2D eigenvalue weighted by atomic mass is 9.97. The Hall–Kier alpha value is -1.00. The van der Waals surface area contributed by atoms with Gasteiger partial charge in [-0.3, -0.25) is 0 Å². The Morgan fingerprint density at radius 2 is 2.09 bits per heavy atom. The van der Waals surface area contributed by atoms with Crippen molar-refractivity contribution in [3.63, 3.8) is 0 Å². The Morgan fingerprint density at radius 3 is 2.77 bits per heavy atom. The van der Waals surface area contributed by atoms with E-state index in [1.54, 1.807) is 0 Å². The molecule has 0 spiro atoms. The summed E-state index contributed by atoms with van der Waals surface area (Å²) >= 11 is 0. The summed E-state index contributed by atoms with van der Waals surface area (Å²) < 4.78 is 26.8. The van der Waals surface area contributed by atoms with E-state index in [1.165, 1.54) is 31.6 Å². The Bertz CT molecular complexity index is 488. The first-order chi connectivity index (χ1) is 10.4. The highest BCUT2D eigenvalue weighted by Crippen LogP contribution is 2.18. The molecule has 1 aliphatic heterocycles. The monoisotopic (exact) mass is 310 g/mol. The zero-order valence-electron chi connectivity index (χ0n) is 14.0. The second kappa shape index (κ2) is 7.51. The molecule has 1 saturated heterocycles. The van der Waals surface area contributed by atoms with E-state index in [4.69, 9.17) is 0 Å². The van der Waals surface area contributed by atoms with Crippen LogP contribution in [0.4, 0.5) is 8.78 Å². The number of likely N-dealkylation sites (tertiary alicyclic amines) is 1. The van der Waals surface area contributed by atoms with Gasteiger partial charge in [-0.1, -0.05) is 6.92 Å². The molecular formula is C18H28F2N2. The number of nitrogens with zero attached hydrogens (tertiary/aromatic N) is 1. The summed E-state index contributed by atoms with van der Waals surface area (Å²) in [4.78, 5) is 2.52. The number of halogens is 2. The van der Waals surface area contributed by atoms with E-state index >= 15 is 0 Å². The van der Waals surface area contributed by atoms with E-state index < -0.39 is 0 Å². The smallest absolute Gasteiger partial charge is 0.127 e. The van der Waals surface area contributed by atoms with Crippen LogP contribution in [0.2, 0.25) is 0 Å². The number of hydrogen-bond donors (Lipinski definition) is 1. The third-order valence-electron chi connectivity index (χ3n) is 4.55. The Labute approximate surface area is 132 Å². The first-order valence-corrected chi connectivity index (χ1v) is 8.27. The van der Waals surface area contributed by atoms with Gasteiger partial charge >= 0.3 is 0 Å². The fourth-order valence-electron chi connectivity index (χ4n) is 3.08. The lowest BCUT2D eigenvalue weighted by Crippen LogP contribution is -2.39. The van der Waals surface area contributed by atoms with Gasteiger partial charge in [-0.15, -0.1) is 0 Å². The van der Waals surface area contributed by atoms with E-state index in [-0.39, 0.29) is 17.2 Å². The van der Waals surface area contributed by atoms with Crippen molar-refractivity contribution in [2.24, 2.45) is 5.92 Å². The maximum Gasteiger partial charge on any atom is 0.127 e. The average molecular weight is 310 g/mol. The Balaban J connectivity index is 1.74. The lowest BCUT2D eigenvalue weighted by Gasteiger charge is -2.28. The van der Waals surface area contributed by atoms with Gasteiger partial charge in [-0.25, -0.2) is 8.78 Å². The molecule has 1 aromatic rings. The maximum atomic E-state index is 13.6. The molecule has 0 aliphatic carbocycles. The molecule has 4 heteroatoms. The fourth-order valence-corrected chi connectivity index (χ4v) is 3.08. The molecule has 0 amide bonds. The molecular weight excluding hydrogens is 282 g/mol. The van der Waals surface area contributed by atoms with Crippen molar-refractivity contribution in [2.45, 2.75) is 52.1 Å². The minimum Gasteiger partial charge on any atom is -0.308 e. The van der Waals surface area contributed by atoms with Crippen LogP contribution in [0.25, 0.3) is 0 Å². The van der Waals surface area contributed by atoms with Crippen LogP contribution in [0.15, 0.2) is 18.2 Å². The third-order valence-corrected chi connectivity index (χ3v) is 4.55. The number of hydrogen-bond acceptors (Lipinski definition) is 2. The molecule has 124 valence electrons. The van der Waals surface area contributed by atoms with Crippen molar-refractivity contribution >= 4 is 0 Å². The minimum absolute atomic E-state index is 0.0793. The summed E-state index contributed by atoms with van der Waals surface area (Å²) in [6.45, 7) is 10.5. The van der Waals surface area contributed by atoms with Crippen molar-refractivity contribution in [2.75, 3.05) is 19.6 Å². The number of rotatable bonds is 7. The van der Waals surface area contributed by atoms with Crippen LogP contribution >= 0.6 is 0 Å². The van der Waals surface area contributed by atoms with Crippen molar-refractivity contribution in [1.82, 2.24) is 10.2 Å². The molecule has 1 aliphatic rings. The highest BCUT2D eigenvalue weighted by atomic mass is 19.1. The van der Waals surface area contributed by atoms with Gasteiger partial charge in [-0.05, 0) is 70.3 Å². The van der Waals surface area contributed by atoms with Crippen LogP contribution in [0.1, 0.15) is 45.6 Å². The van der Waals surface area contributed by atoms with Crippen molar-refractivity contribution in [3.05, 3.63) is 35.4 Å². The van der Waals surface area contributed by atoms with Gasteiger partial charge in [0.1, 0.15) is 11.6 Å². The normalized spacial score (nSPS) is 19.8. The largest absolute Gasteiger partial charge is 0.308 e. The summed E-state index contributed by atoms with van der Waals surface area (Å²) in [5, 5.41) is 3.35. The van der Waals surface area contributed by atoms with E-state index in [0.29, 0.717) is 12.1 Å². The predicted octanol–water partition coefficient (Wildman–Crippen LogP) is 3.96. The van der Waals surface area contributed by atoms with Gasteiger partial charge in [0, 0.05) is 24.2 Å². The number of nitrogens with one attached hydrogen (secondary N) is 1. The predicted molar refractivity (Wildman–Crippen MR) is 86.7 cm³/mol. The quantitative estimate of drug-likeness (QED) is 0.820. The molecule has 0 radical (unpaired) electrons. The Kier molecular flexibility index (Phi) is 5.93. The second-order valence-electron chi connectivity index (χ2n) is 7.27. The fraction of sp³-hybridized carbons (Fsp3) is 0.667. The van der Waals surface area contributed by atoms with Gasteiger partial charge in [0.2, 0.25) is 0 Å². The van der Waals surface area contributed by atoms with Crippen molar-refractivity contribution in [3.8, 4) is 0 Å². The Morgan fingerprint density at radius 1 is 1.32 bits per heavy atom. The van der Waals surface area contributed by atoms with E-state index in [2.05, 4.69) is 31.0 Å². The zero-order valence-corrected chi connectivity index (χ0v) is 14.0. The summed E-state index contributed by atoms with van der Waals surface area (Å²) in [6.07, 6.45) is 3.45. The third kappa shape index (κ3) is 5.33. The molecule has 0 aromatic heterocycles. The van der Waals surface area contributed by atoms with Gasteiger partial charge in [0.25, 0.3) is 0 Å². The second-order valence-corrected chi connectivity index (χ2v) is 7.27. The highest BCUT2D eigenvalue weighted by molar-refractivity contribution is 5.18. The van der Waals surface area contributed by atoms with Gasteiger partial charge in [-0.2, -0.15) is 0 Å². The minimum atomic E-state index is -0.390. The standard InChI is InChI=1S/C18H28F2N2/c1-14-7-10-22(13-14)9-4-8-18(2,3)21-12-15-11-16(19)5-6-17(15)20/h5-6,11,14,21H,4,7-10,12-13H2,1-3H3. The van der Waals surface area contributed by atoms with Crippen molar-refractivity contribution < 1.29 is 8.78 Å². The summed E-state index contributed by atoms with van der Waals surface area (Å²) in [7, 11) is 0. The molecule has 22 heavy (non-hydrogen) atoms. The zero-order chi connectivity index (χ0) is 16.2. The summed E-state index contributed by atoms with van der Waals surface area (Å²) in [5.41, 5.74) is 0.311. The van der Waals surface area contributed by atoms with E-state index in [9.17, 15) is 8.78 Å². The first kappa shape index (κ1) is 17.4. The van der Waals surface area contributed by atoms with E-state index in [1.807, 2.05) is 0 Å². The van der Waals surface area contributed by atoms with Crippen LogP contribution in [0.5, 0.6) is 0 Å². The van der Waals surface area contributed by atoms with E-state index in [0.717, 1.165) is 31.4 Å². The molecule has 2 rings (SSSR count). The highest BCUT2D eigenvalue weighted by Gasteiger charge is 2.21. The summed E-state index contributed by atoms with van der Waals surface area (Å²) in [6, 6.07) is 3.61. The maximum absolute atomic E-state index is 13.6. The SMILES string of the molecule is CC1CCN(CCCC(C)(C)NCc2cc(F)ccc2F)C1. The van der Waals surface area contributed by atoms with Gasteiger partial charge < -0.3 is 10.2 Å². The van der Waals surface area contributed by atoms with Crippen LogP contribution in [-0.2, 0) is 6.54 Å². The molecule has 2 nitrogen and oxygen atoms in total. The van der Waals surface area contributed by atoms with Gasteiger partial charge in [0.05, 0.1) is 0 Å². The van der Waals surface area contributed by atoms with Crippen LogP contribution in [0, 0.1) is 17.6 Å². The molecule has 1 N–H and O–H groups in total. The molecule has 1 aromatic carbocycles. The molecule has 0 saturated carbocycles. The molecule has 0 bridgehead atoms. The molecule has 1 fully saturated rings. The molecule has 1 atom stereocenters. The number of benzene rings is 1. The average Bonchev–Trinajstić information content (AvgIpc) is 2.85. The summed E-state index contributed by atoms with van der Waals surface area (Å²) in [5.74, 6) is 0.0806. The van der Waals surface area contributed by atoms with Crippen LogP contribution in [0.3, 0.4) is 0 Å². The molecule has 1 heterocycles. The topological polar surface area (TPSA) is 15.3 Å². The van der Waals surface area contributed by atoms with Crippen molar-refractivity contribution in [1.29, 1.82) is 0 Å². The first-order valence-electron chi connectivity index (χ1n) is 8.27. The lowest BCUT2D eigenvalue weighted by molar-refractivity contribution is 0.283. The van der Waals surface area contributed by atoms with Crippen LogP contribution in [-0.4, -0.2) is 30.1 Å². The molecule has 1 unspecified atom stereocenters. The van der Waals surface area contributed by atoms with Gasteiger partial charge in [0.15, 0.2) is 0 Å².